The molecule has 2 rings (SSSR count). The molecule has 0 bridgehead atoms. The third-order valence-corrected chi connectivity index (χ3v) is 6.11. The third kappa shape index (κ3) is 8.42. The maximum atomic E-state index is 13.1. The second-order valence-corrected chi connectivity index (χ2v) is 8.60. The van der Waals surface area contributed by atoms with Crippen LogP contribution in [-0.4, -0.2) is 47.1 Å². The molecular weight excluding hydrogens is 442 g/mol. The standard InChI is InChI=1S/C24H31N3O5S/c1-4-5-13-25-24(29)18(2)26(15-20-7-6-8-22(14-20)32-3)23(28)17-33-16-19-9-11-21(12-10-19)27(30)31/h6-12,14,18H,4-5,13,15-17H2,1-3H3,(H,25,29)/t18-/m0/s1. The number of rotatable bonds is 13. The fourth-order valence-corrected chi connectivity index (χ4v) is 4.01. The Balaban J connectivity index is 2.05. The van der Waals surface area contributed by atoms with Gasteiger partial charge in [-0.05, 0) is 36.6 Å². The lowest BCUT2D eigenvalue weighted by Gasteiger charge is -2.29. The number of carbonyl (C=O) groups excluding carboxylic acids is 2. The van der Waals surface area contributed by atoms with Gasteiger partial charge in [-0.15, -0.1) is 11.8 Å². The Bertz CT molecular complexity index is 936. The average molecular weight is 474 g/mol. The van der Waals surface area contributed by atoms with Gasteiger partial charge in [0.2, 0.25) is 11.8 Å². The van der Waals surface area contributed by atoms with Gasteiger partial charge in [-0.25, -0.2) is 0 Å². The maximum Gasteiger partial charge on any atom is 0.269 e. The van der Waals surface area contributed by atoms with E-state index in [0.29, 0.717) is 18.0 Å². The molecule has 2 aromatic rings. The largest absolute Gasteiger partial charge is 0.497 e. The molecule has 33 heavy (non-hydrogen) atoms. The van der Waals surface area contributed by atoms with Crippen molar-refractivity contribution in [3.05, 3.63) is 69.8 Å². The summed E-state index contributed by atoms with van der Waals surface area (Å²) in [5.41, 5.74) is 1.80. The van der Waals surface area contributed by atoms with E-state index in [1.165, 1.54) is 23.9 Å². The van der Waals surface area contributed by atoms with Crippen molar-refractivity contribution in [2.75, 3.05) is 19.4 Å². The molecule has 0 radical (unpaired) electrons. The van der Waals surface area contributed by atoms with Crippen molar-refractivity contribution in [2.24, 2.45) is 0 Å². The first-order valence-corrected chi connectivity index (χ1v) is 12.0. The van der Waals surface area contributed by atoms with Crippen molar-refractivity contribution in [3.8, 4) is 5.75 Å². The Hall–Kier alpha value is -3.07. The number of amides is 2. The molecule has 178 valence electrons. The number of unbranched alkanes of at least 4 members (excludes halogenated alkanes) is 1. The average Bonchev–Trinajstić information content (AvgIpc) is 2.82. The number of nitro benzene ring substituents is 1. The Morgan fingerprint density at radius 1 is 1.18 bits per heavy atom. The summed E-state index contributed by atoms with van der Waals surface area (Å²) in [5.74, 6) is 1.08. The van der Waals surface area contributed by atoms with Crippen LogP contribution in [0.1, 0.15) is 37.8 Å². The fraction of sp³-hybridized carbons (Fsp3) is 0.417. The van der Waals surface area contributed by atoms with Crippen molar-refractivity contribution in [1.29, 1.82) is 0 Å². The van der Waals surface area contributed by atoms with E-state index in [1.54, 1.807) is 31.1 Å². The van der Waals surface area contributed by atoms with Crippen molar-refractivity contribution in [1.82, 2.24) is 10.2 Å². The molecular formula is C24H31N3O5S. The zero-order valence-corrected chi connectivity index (χ0v) is 20.1. The van der Waals surface area contributed by atoms with E-state index in [4.69, 9.17) is 4.74 Å². The number of ether oxygens (including phenoxy) is 1. The molecule has 0 saturated heterocycles. The van der Waals surface area contributed by atoms with E-state index in [9.17, 15) is 19.7 Å². The highest BCUT2D eigenvalue weighted by molar-refractivity contribution is 7.99. The lowest BCUT2D eigenvalue weighted by molar-refractivity contribution is -0.384. The molecule has 0 aliphatic heterocycles. The van der Waals surface area contributed by atoms with Crippen LogP contribution < -0.4 is 10.1 Å². The number of hydrogen-bond donors (Lipinski definition) is 1. The van der Waals surface area contributed by atoms with Gasteiger partial charge in [0, 0.05) is 31.0 Å². The minimum Gasteiger partial charge on any atom is -0.497 e. The SMILES string of the molecule is CCCCNC(=O)[C@H](C)N(Cc1cccc(OC)c1)C(=O)CSCc1ccc([N+](=O)[O-])cc1. The number of non-ortho nitro benzene ring substituents is 1. The van der Waals surface area contributed by atoms with Crippen molar-refractivity contribution < 1.29 is 19.2 Å². The van der Waals surface area contributed by atoms with E-state index in [-0.39, 0.29) is 29.8 Å². The summed E-state index contributed by atoms with van der Waals surface area (Å²) >= 11 is 1.41. The van der Waals surface area contributed by atoms with E-state index >= 15 is 0 Å². The predicted octanol–water partition coefficient (Wildman–Crippen LogP) is 4.17. The summed E-state index contributed by atoms with van der Waals surface area (Å²) in [6.45, 7) is 4.66. The minimum atomic E-state index is -0.625. The zero-order valence-electron chi connectivity index (χ0n) is 19.3. The van der Waals surface area contributed by atoms with Crippen LogP contribution in [0.25, 0.3) is 0 Å². The Morgan fingerprint density at radius 3 is 2.55 bits per heavy atom. The van der Waals surface area contributed by atoms with Crippen LogP contribution in [0.4, 0.5) is 5.69 Å². The summed E-state index contributed by atoms with van der Waals surface area (Å²) in [6.07, 6.45) is 1.85. The molecule has 2 amide bonds. The van der Waals surface area contributed by atoms with Crippen LogP contribution in [0.15, 0.2) is 48.5 Å². The van der Waals surface area contributed by atoms with Crippen LogP contribution in [0.5, 0.6) is 5.75 Å². The number of hydrogen-bond acceptors (Lipinski definition) is 6. The molecule has 0 unspecified atom stereocenters. The Kier molecular flexibility index (Phi) is 10.7. The van der Waals surface area contributed by atoms with Crippen molar-refractivity contribution in [3.63, 3.8) is 0 Å². The second-order valence-electron chi connectivity index (χ2n) is 7.61. The van der Waals surface area contributed by atoms with Crippen LogP contribution in [0, 0.1) is 10.1 Å². The number of nitro groups is 1. The van der Waals surface area contributed by atoms with Gasteiger partial charge < -0.3 is 15.0 Å². The summed E-state index contributed by atoms with van der Waals surface area (Å²) < 4.78 is 5.28. The highest BCUT2D eigenvalue weighted by Gasteiger charge is 2.26. The smallest absolute Gasteiger partial charge is 0.269 e. The highest BCUT2D eigenvalue weighted by atomic mass is 32.2. The first kappa shape index (κ1) is 26.2. The van der Waals surface area contributed by atoms with E-state index in [2.05, 4.69) is 12.2 Å². The molecule has 8 nitrogen and oxygen atoms in total. The van der Waals surface area contributed by atoms with Gasteiger partial charge in [-0.2, -0.15) is 0 Å². The Morgan fingerprint density at radius 2 is 1.91 bits per heavy atom. The van der Waals surface area contributed by atoms with Crippen LogP contribution >= 0.6 is 11.8 Å². The first-order valence-electron chi connectivity index (χ1n) is 10.9. The monoisotopic (exact) mass is 473 g/mol. The Labute approximate surface area is 198 Å². The summed E-state index contributed by atoms with van der Waals surface area (Å²) in [6, 6.07) is 13.1. The van der Waals surface area contributed by atoms with Crippen LogP contribution in [-0.2, 0) is 21.9 Å². The number of benzene rings is 2. The van der Waals surface area contributed by atoms with E-state index in [0.717, 1.165) is 24.0 Å². The summed E-state index contributed by atoms with van der Waals surface area (Å²) in [4.78, 5) is 37.7. The molecule has 1 N–H and O–H groups in total. The van der Waals surface area contributed by atoms with E-state index < -0.39 is 11.0 Å². The molecule has 0 saturated carbocycles. The quantitative estimate of drug-likeness (QED) is 0.266. The zero-order chi connectivity index (χ0) is 24.2. The maximum absolute atomic E-state index is 13.1. The normalized spacial score (nSPS) is 11.5. The molecule has 0 spiro atoms. The van der Waals surface area contributed by atoms with Gasteiger partial charge in [-0.3, -0.25) is 19.7 Å². The highest BCUT2D eigenvalue weighted by Crippen LogP contribution is 2.20. The van der Waals surface area contributed by atoms with Gasteiger partial charge in [0.25, 0.3) is 5.69 Å². The number of nitrogens with zero attached hydrogens (tertiary/aromatic N) is 2. The molecule has 1 atom stereocenters. The minimum absolute atomic E-state index is 0.0344. The van der Waals surface area contributed by atoms with Gasteiger partial charge >= 0.3 is 0 Å². The first-order chi connectivity index (χ1) is 15.8. The van der Waals surface area contributed by atoms with Gasteiger partial charge in [0.15, 0.2) is 0 Å². The molecule has 2 aromatic carbocycles. The number of nitrogens with one attached hydrogen (secondary N) is 1. The molecule has 0 aliphatic carbocycles. The second kappa shape index (κ2) is 13.5. The lowest BCUT2D eigenvalue weighted by atomic mass is 10.1. The van der Waals surface area contributed by atoms with Gasteiger partial charge in [0.05, 0.1) is 17.8 Å². The molecule has 0 heterocycles. The van der Waals surface area contributed by atoms with Crippen LogP contribution in [0.3, 0.4) is 0 Å². The number of carbonyl (C=O) groups is 2. The fourth-order valence-electron chi connectivity index (χ4n) is 3.14. The molecule has 9 heteroatoms. The lowest BCUT2D eigenvalue weighted by Crippen LogP contribution is -2.48. The summed E-state index contributed by atoms with van der Waals surface area (Å²) in [5, 5.41) is 13.7. The summed E-state index contributed by atoms with van der Waals surface area (Å²) in [7, 11) is 1.58. The molecule has 0 fully saturated rings. The number of methoxy groups -OCH3 is 1. The van der Waals surface area contributed by atoms with Crippen molar-refractivity contribution >= 4 is 29.3 Å². The van der Waals surface area contributed by atoms with Gasteiger partial charge in [0.1, 0.15) is 11.8 Å². The van der Waals surface area contributed by atoms with Crippen LogP contribution in [0.2, 0.25) is 0 Å². The van der Waals surface area contributed by atoms with Crippen molar-refractivity contribution in [2.45, 2.75) is 45.0 Å². The number of thioether (sulfide) groups is 1. The molecule has 0 aliphatic rings. The van der Waals surface area contributed by atoms with Gasteiger partial charge in [-0.1, -0.05) is 37.6 Å². The van der Waals surface area contributed by atoms with E-state index in [1.807, 2.05) is 24.3 Å². The topological polar surface area (TPSA) is 102 Å². The predicted molar refractivity (Wildman–Crippen MR) is 130 cm³/mol. The molecule has 0 aromatic heterocycles. The third-order valence-electron chi connectivity index (χ3n) is 5.13.